The summed E-state index contributed by atoms with van der Waals surface area (Å²) >= 11 is 0. The first kappa shape index (κ1) is 13.4. The van der Waals surface area contributed by atoms with E-state index in [0.29, 0.717) is 6.04 Å². The Bertz CT molecular complexity index is 476. The first-order valence-corrected chi connectivity index (χ1v) is 6.87. The zero-order valence-corrected chi connectivity index (χ0v) is 11.3. The van der Waals surface area contributed by atoms with Gasteiger partial charge >= 0.3 is 0 Å². The zero-order chi connectivity index (χ0) is 13.3. The molecule has 1 unspecified atom stereocenters. The third-order valence-corrected chi connectivity index (χ3v) is 3.22. The molecule has 1 atom stereocenters. The van der Waals surface area contributed by atoms with Crippen molar-refractivity contribution in [2.24, 2.45) is 0 Å². The van der Waals surface area contributed by atoms with E-state index in [4.69, 9.17) is 0 Å². The lowest BCUT2D eigenvalue weighted by molar-refractivity contribution is 0.652. The maximum absolute atomic E-state index is 3.79. The number of para-hydroxylation sites is 1. The highest BCUT2D eigenvalue weighted by Crippen LogP contribution is 2.24. The van der Waals surface area contributed by atoms with Crippen molar-refractivity contribution in [3.05, 3.63) is 78.9 Å². The summed E-state index contributed by atoms with van der Waals surface area (Å²) in [5.74, 6) is 0. The van der Waals surface area contributed by atoms with Crippen molar-refractivity contribution in [3.8, 4) is 0 Å². The smallest absolute Gasteiger partial charge is 0.0513 e. The second-order valence-electron chi connectivity index (χ2n) is 4.69. The summed E-state index contributed by atoms with van der Waals surface area (Å²) in [6.45, 7) is 3.79. The molecule has 0 saturated carbocycles. The van der Waals surface area contributed by atoms with Gasteiger partial charge in [-0.25, -0.2) is 0 Å². The second-order valence-corrected chi connectivity index (χ2v) is 4.69. The van der Waals surface area contributed by atoms with E-state index in [1.54, 1.807) is 0 Å². The summed E-state index contributed by atoms with van der Waals surface area (Å²) in [5.41, 5.74) is 2.52. The van der Waals surface area contributed by atoms with Gasteiger partial charge in [0, 0.05) is 5.69 Å². The number of allylic oxidation sites excluding steroid dienone is 1. The van der Waals surface area contributed by atoms with Gasteiger partial charge in [0.15, 0.2) is 0 Å². The quantitative estimate of drug-likeness (QED) is 0.527. The minimum atomic E-state index is 0.364. The van der Waals surface area contributed by atoms with Crippen molar-refractivity contribution in [1.29, 1.82) is 0 Å². The predicted molar refractivity (Wildman–Crippen MR) is 83.3 cm³/mol. The Labute approximate surface area is 116 Å². The topological polar surface area (TPSA) is 12.0 Å². The molecule has 2 aromatic rings. The van der Waals surface area contributed by atoms with E-state index in [9.17, 15) is 0 Å². The third kappa shape index (κ3) is 4.29. The summed E-state index contributed by atoms with van der Waals surface area (Å²) in [6.07, 6.45) is 5.33. The molecule has 0 saturated heterocycles. The van der Waals surface area contributed by atoms with Crippen LogP contribution >= 0.6 is 0 Å². The highest BCUT2D eigenvalue weighted by Gasteiger charge is 2.10. The standard InChI is InChI=1S/C18H21N/c1-2-3-6-15-18(16-11-7-4-8-12-16)19-17-13-9-5-10-14-17/h2,4-5,7-14,18-19H,1,3,6,15H2. The van der Waals surface area contributed by atoms with Gasteiger partial charge in [-0.15, -0.1) is 6.58 Å². The normalized spacial score (nSPS) is 11.8. The van der Waals surface area contributed by atoms with Crippen LogP contribution in [0, 0.1) is 0 Å². The summed E-state index contributed by atoms with van der Waals surface area (Å²) in [4.78, 5) is 0. The molecule has 1 heteroatoms. The number of hydrogen-bond donors (Lipinski definition) is 1. The number of anilines is 1. The fourth-order valence-corrected chi connectivity index (χ4v) is 2.21. The van der Waals surface area contributed by atoms with Gasteiger partial charge in [0.1, 0.15) is 0 Å². The van der Waals surface area contributed by atoms with Crippen molar-refractivity contribution in [3.63, 3.8) is 0 Å². The predicted octanol–water partition coefficient (Wildman–Crippen LogP) is 5.20. The van der Waals surface area contributed by atoms with E-state index in [1.807, 2.05) is 12.1 Å². The van der Waals surface area contributed by atoms with Crippen LogP contribution in [0.2, 0.25) is 0 Å². The number of hydrogen-bond acceptors (Lipinski definition) is 1. The maximum atomic E-state index is 3.79. The number of unbranched alkanes of at least 4 members (excludes halogenated alkanes) is 1. The van der Waals surface area contributed by atoms with Gasteiger partial charge < -0.3 is 5.32 Å². The van der Waals surface area contributed by atoms with Crippen LogP contribution < -0.4 is 5.32 Å². The van der Waals surface area contributed by atoms with E-state index in [2.05, 4.69) is 66.5 Å². The summed E-state index contributed by atoms with van der Waals surface area (Å²) in [6, 6.07) is 21.4. The number of nitrogens with one attached hydrogen (secondary N) is 1. The molecular formula is C18H21N. The van der Waals surface area contributed by atoms with Crippen LogP contribution in [-0.2, 0) is 0 Å². The molecule has 19 heavy (non-hydrogen) atoms. The zero-order valence-electron chi connectivity index (χ0n) is 11.3. The van der Waals surface area contributed by atoms with Crippen molar-refractivity contribution in [1.82, 2.24) is 0 Å². The lowest BCUT2D eigenvalue weighted by Crippen LogP contribution is -2.10. The van der Waals surface area contributed by atoms with E-state index in [1.165, 1.54) is 11.3 Å². The van der Waals surface area contributed by atoms with Gasteiger partial charge in [0.2, 0.25) is 0 Å². The first-order valence-electron chi connectivity index (χ1n) is 6.87. The Kier molecular flexibility index (Phi) is 5.24. The molecule has 1 N–H and O–H groups in total. The van der Waals surface area contributed by atoms with Crippen LogP contribution in [0.15, 0.2) is 73.3 Å². The molecule has 0 radical (unpaired) electrons. The molecule has 0 amide bonds. The van der Waals surface area contributed by atoms with Gasteiger partial charge in [-0.3, -0.25) is 0 Å². The first-order chi connectivity index (χ1) is 9.40. The molecule has 0 aliphatic rings. The molecule has 0 bridgehead atoms. The molecule has 98 valence electrons. The fourth-order valence-electron chi connectivity index (χ4n) is 2.21. The Morgan fingerprint density at radius 3 is 2.21 bits per heavy atom. The van der Waals surface area contributed by atoms with Crippen LogP contribution in [0.4, 0.5) is 5.69 Å². The molecule has 2 aromatic carbocycles. The lowest BCUT2D eigenvalue weighted by Gasteiger charge is -2.20. The second kappa shape index (κ2) is 7.42. The third-order valence-electron chi connectivity index (χ3n) is 3.22. The molecular weight excluding hydrogens is 230 g/mol. The Morgan fingerprint density at radius 2 is 1.58 bits per heavy atom. The summed E-state index contributed by atoms with van der Waals surface area (Å²) in [7, 11) is 0. The van der Waals surface area contributed by atoms with E-state index >= 15 is 0 Å². The molecule has 2 rings (SSSR count). The van der Waals surface area contributed by atoms with Crippen molar-refractivity contribution >= 4 is 5.69 Å². The van der Waals surface area contributed by atoms with Crippen LogP contribution in [0.1, 0.15) is 30.9 Å². The lowest BCUT2D eigenvalue weighted by atomic mass is 10.0. The molecule has 0 spiro atoms. The minimum Gasteiger partial charge on any atom is -0.378 e. The monoisotopic (exact) mass is 251 g/mol. The Balaban J connectivity index is 2.08. The van der Waals surface area contributed by atoms with Crippen molar-refractivity contribution in [2.75, 3.05) is 5.32 Å². The van der Waals surface area contributed by atoms with Crippen molar-refractivity contribution in [2.45, 2.75) is 25.3 Å². The highest BCUT2D eigenvalue weighted by atomic mass is 14.9. The molecule has 1 nitrogen and oxygen atoms in total. The number of benzene rings is 2. The van der Waals surface area contributed by atoms with Gasteiger partial charge in [-0.2, -0.15) is 0 Å². The Hall–Kier alpha value is -2.02. The van der Waals surface area contributed by atoms with E-state index in [0.717, 1.165) is 19.3 Å². The van der Waals surface area contributed by atoms with Gasteiger partial charge in [-0.05, 0) is 37.0 Å². The largest absolute Gasteiger partial charge is 0.378 e. The van der Waals surface area contributed by atoms with Gasteiger partial charge in [0.05, 0.1) is 6.04 Å². The maximum Gasteiger partial charge on any atom is 0.0513 e. The molecule has 0 fully saturated rings. The summed E-state index contributed by atoms with van der Waals surface area (Å²) < 4.78 is 0. The number of rotatable bonds is 7. The average molecular weight is 251 g/mol. The summed E-state index contributed by atoms with van der Waals surface area (Å²) in [5, 5.41) is 3.62. The average Bonchev–Trinajstić information content (AvgIpc) is 2.48. The highest BCUT2D eigenvalue weighted by molar-refractivity contribution is 5.45. The fraction of sp³-hybridized carbons (Fsp3) is 0.222. The minimum absolute atomic E-state index is 0.364. The molecule has 0 aliphatic heterocycles. The van der Waals surface area contributed by atoms with Gasteiger partial charge in [0.25, 0.3) is 0 Å². The van der Waals surface area contributed by atoms with E-state index in [-0.39, 0.29) is 0 Å². The van der Waals surface area contributed by atoms with Crippen LogP contribution in [-0.4, -0.2) is 0 Å². The van der Waals surface area contributed by atoms with Crippen LogP contribution in [0.3, 0.4) is 0 Å². The van der Waals surface area contributed by atoms with E-state index < -0.39 is 0 Å². The SMILES string of the molecule is C=CCCCC(Nc1ccccc1)c1ccccc1. The molecule has 0 aliphatic carbocycles. The van der Waals surface area contributed by atoms with Gasteiger partial charge in [-0.1, -0.05) is 54.6 Å². The Morgan fingerprint density at radius 1 is 0.947 bits per heavy atom. The van der Waals surface area contributed by atoms with Crippen LogP contribution in [0.25, 0.3) is 0 Å². The van der Waals surface area contributed by atoms with Crippen LogP contribution in [0.5, 0.6) is 0 Å². The molecule has 0 aromatic heterocycles. The molecule has 0 heterocycles. The van der Waals surface area contributed by atoms with Crippen molar-refractivity contribution < 1.29 is 0 Å².